The van der Waals surface area contributed by atoms with Gasteiger partial charge in [-0.3, -0.25) is 0 Å². The number of nitrogens with two attached hydrogens (primary N) is 1. The van der Waals surface area contributed by atoms with Crippen LogP contribution in [0, 0.1) is 0 Å². The highest BCUT2D eigenvalue weighted by molar-refractivity contribution is 7.14. The lowest BCUT2D eigenvalue weighted by atomic mass is 10.0. The van der Waals surface area contributed by atoms with Crippen molar-refractivity contribution in [2.75, 3.05) is 12.3 Å². The summed E-state index contributed by atoms with van der Waals surface area (Å²) in [6.07, 6.45) is 1.66. The molecule has 3 N–H and O–H groups in total. The molecule has 0 atom stereocenters. The maximum Gasteiger partial charge on any atom is 0.339 e. The Hall–Kier alpha value is -2.27. The van der Waals surface area contributed by atoms with Gasteiger partial charge in [-0.15, -0.1) is 11.3 Å². The minimum absolute atomic E-state index is 0.157. The quantitative estimate of drug-likeness (QED) is 0.821. The highest BCUT2D eigenvalue weighted by atomic mass is 32.1. The Bertz CT molecular complexity index is 602. The van der Waals surface area contributed by atoms with Gasteiger partial charge in [0.05, 0.1) is 0 Å². The molecule has 5 heteroatoms. The largest absolute Gasteiger partial charge is 0.490 e. The molecule has 0 radical (unpaired) electrons. The molecule has 0 aliphatic heterocycles. The molecule has 98 valence electrons. The maximum atomic E-state index is 11.2. The Kier molecular flexibility index (Phi) is 3.87. The number of anilines is 1. The summed E-state index contributed by atoms with van der Waals surface area (Å²) in [5.74, 6) is -0.301. The highest BCUT2D eigenvalue weighted by Crippen LogP contribution is 2.34. The number of rotatable bonds is 5. The van der Waals surface area contributed by atoms with E-state index >= 15 is 0 Å². The van der Waals surface area contributed by atoms with Gasteiger partial charge < -0.3 is 15.6 Å². The van der Waals surface area contributed by atoms with E-state index in [1.54, 1.807) is 23.6 Å². The number of aromatic carboxylic acids is 1. The molecular formula is C14H13NO3S. The van der Waals surface area contributed by atoms with Gasteiger partial charge in [-0.25, -0.2) is 4.79 Å². The molecule has 0 amide bonds. The van der Waals surface area contributed by atoms with Crippen molar-refractivity contribution in [2.45, 2.75) is 0 Å². The van der Waals surface area contributed by atoms with Gasteiger partial charge in [0.25, 0.3) is 0 Å². The Morgan fingerprint density at radius 1 is 1.42 bits per heavy atom. The van der Waals surface area contributed by atoms with E-state index in [2.05, 4.69) is 6.58 Å². The standard InChI is InChI=1S/C14H13NO3S/c1-2-7-18-10-5-3-9(4-6-10)11-8-19-13(15)12(11)14(16)17/h2-6,8H,1,7,15H2,(H,16,17). The Labute approximate surface area is 114 Å². The van der Waals surface area contributed by atoms with Crippen LogP contribution in [0.2, 0.25) is 0 Å². The van der Waals surface area contributed by atoms with Gasteiger partial charge in [-0.2, -0.15) is 0 Å². The van der Waals surface area contributed by atoms with Crippen LogP contribution in [-0.2, 0) is 0 Å². The molecule has 0 spiro atoms. The van der Waals surface area contributed by atoms with Crippen LogP contribution in [-0.4, -0.2) is 17.7 Å². The van der Waals surface area contributed by atoms with E-state index in [9.17, 15) is 4.79 Å². The van der Waals surface area contributed by atoms with Crippen molar-refractivity contribution in [3.05, 3.63) is 47.9 Å². The highest BCUT2D eigenvalue weighted by Gasteiger charge is 2.17. The number of thiophene rings is 1. The van der Waals surface area contributed by atoms with Gasteiger partial charge in [0.1, 0.15) is 22.9 Å². The van der Waals surface area contributed by atoms with Gasteiger partial charge >= 0.3 is 5.97 Å². The second kappa shape index (κ2) is 5.58. The molecule has 0 unspecified atom stereocenters. The van der Waals surface area contributed by atoms with E-state index in [1.807, 2.05) is 12.1 Å². The Balaban J connectivity index is 2.32. The van der Waals surface area contributed by atoms with Crippen LogP contribution in [0.1, 0.15) is 10.4 Å². The normalized spacial score (nSPS) is 10.1. The van der Waals surface area contributed by atoms with E-state index < -0.39 is 5.97 Å². The third kappa shape index (κ3) is 2.77. The number of nitrogen functional groups attached to an aromatic ring is 1. The van der Waals surface area contributed by atoms with E-state index in [1.165, 1.54) is 11.3 Å². The topological polar surface area (TPSA) is 72.5 Å². The number of ether oxygens (including phenoxy) is 1. The van der Waals surface area contributed by atoms with E-state index in [4.69, 9.17) is 15.6 Å². The predicted molar refractivity (Wildman–Crippen MR) is 76.8 cm³/mol. The van der Waals surface area contributed by atoms with Gasteiger partial charge in [0, 0.05) is 10.9 Å². The molecular weight excluding hydrogens is 262 g/mol. The van der Waals surface area contributed by atoms with Crippen LogP contribution in [0.5, 0.6) is 5.75 Å². The minimum Gasteiger partial charge on any atom is -0.490 e. The predicted octanol–water partition coefficient (Wildman–Crippen LogP) is 3.26. The summed E-state index contributed by atoms with van der Waals surface area (Å²) in [4.78, 5) is 11.2. The molecule has 1 aromatic carbocycles. The van der Waals surface area contributed by atoms with Crippen LogP contribution in [0.15, 0.2) is 42.3 Å². The van der Waals surface area contributed by atoms with Gasteiger partial charge in [0.15, 0.2) is 0 Å². The average molecular weight is 275 g/mol. The van der Waals surface area contributed by atoms with Gasteiger partial charge in [0.2, 0.25) is 0 Å². The van der Waals surface area contributed by atoms with Crippen LogP contribution in [0.4, 0.5) is 5.00 Å². The lowest BCUT2D eigenvalue weighted by Crippen LogP contribution is -2.00. The molecule has 19 heavy (non-hydrogen) atoms. The Morgan fingerprint density at radius 3 is 2.68 bits per heavy atom. The second-order valence-electron chi connectivity index (χ2n) is 3.82. The summed E-state index contributed by atoms with van der Waals surface area (Å²) in [5, 5.41) is 11.2. The van der Waals surface area contributed by atoms with Crippen molar-refractivity contribution in [3.63, 3.8) is 0 Å². The third-order valence-corrected chi connectivity index (χ3v) is 3.38. The molecule has 0 bridgehead atoms. The number of benzene rings is 1. The maximum absolute atomic E-state index is 11.2. The minimum atomic E-state index is -1.01. The number of hydrogen-bond donors (Lipinski definition) is 2. The van der Waals surface area contributed by atoms with Gasteiger partial charge in [-0.05, 0) is 17.7 Å². The molecule has 2 rings (SSSR count). The van der Waals surface area contributed by atoms with Crippen molar-refractivity contribution >= 4 is 22.3 Å². The van der Waals surface area contributed by atoms with E-state index in [-0.39, 0.29) is 5.56 Å². The third-order valence-electron chi connectivity index (χ3n) is 2.57. The smallest absolute Gasteiger partial charge is 0.339 e. The molecule has 1 aromatic heterocycles. The number of carboxylic acids is 1. The first-order valence-electron chi connectivity index (χ1n) is 5.58. The van der Waals surface area contributed by atoms with E-state index in [0.29, 0.717) is 22.9 Å². The fourth-order valence-corrected chi connectivity index (χ4v) is 2.51. The fourth-order valence-electron chi connectivity index (χ4n) is 1.69. The first-order chi connectivity index (χ1) is 9.13. The van der Waals surface area contributed by atoms with Crippen molar-refractivity contribution in [2.24, 2.45) is 0 Å². The molecule has 0 saturated carbocycles. The molecule has 4 nitrogen and oxygen atoms in total. The summed E-state index contributed by atoms with van der Waals surface area (Å²) >= 11 is 1.22. The molecule has 0 saturated heterocycles. The van der Waals surface area contributed by atoms with Crippen LogP contribution >= 0.6 is 11.3 Å². The second-order valence-corrected chi connectivity index (χ2v) is 4.73. The lowest BCUT2D eigenvalue weighted by Gasteiger charge is -2.05. The molecule has 1 heterocycles. The molecule has 0 aliphatic carbocycles. The number of carbonyl (C=O) groups is 1. The summed E-state index contributed by atoms with van der Waals surface area (Å²) < 4.78 is 5.37. The summed E-state index contributed by atoms with van der Waals surface area (Å²) in [6, 6.07) is 7.20. The zero-order chi connectivity index (χ0) is 13.8. The van der Waals surface area contributed by atoms with Crippen LogP contribution in [0.3, 0.4) is 0 Å². The van der Waals surface area contributed by atoms with Crippen molar-refractivity contribution in [1.29, 1.82) is 0 Å². The zero-order valence-corrected chi connectivity index (χ0v) is 10.9. The van der Waals surface area contributed by atoms with Crippen molar-refractivity contribution in [1.82, 2.24) is 0 Å². The average Bonchev–Trinajstić information content (AvgIpc) is 2.79. The lowest BCUT2D eigenvalue weighted by molar-refractivity contribution is 0.0699. The van der Waals surface area contributed by atoms with Crippen LogP contribution < -0.4 is 10.5 Å². The first kappa shape index (κ1) is 13.2. The zero-order valence-electron chi connectivity index (χ0n) is 10.1. The first-order valence-corrected chi connectivity index (χ1v) is 6.46. The monoisotopic (exact) mass is 275 g/mol. The number of carboxylic acid groups (broad SMARTS) is 1. The Morgan fingerprint density at radius 2 is 2.11 bits per heavy atom. The fraction of sp³-hybridized carbons (Fsp3) is 0.0714. The van der Waals surface area contributed by atoms with Crippen molar-refractivity contribution < 1.29 is 14.6 Å². The SMILES string of the molecule is C=CCOc1ccc(-c2csc(N)c2C(=O)O)cc1. The van der Waals surface area contributed by atoms with Crippen LogP contribution in [0.25, 0.3) is 11.1 Å². The molecule has 0 aliphatic rings. The number of hydrogen-bond acceptors (Lipinski definition) is 4. The van der Waals surface area contributed by atoms with E-state index in [0.717, 1.165) is 5.56 Å². The molecule has 0 fully saturated rings. The summed E-state index contributed by atoms with van der Waals surface area (Å²) in [6.45, 7) is 4.01. The summed E-state index contributed by atoms with van der Waals surface area (Å²) in [7, 11) is 0. The van der Waals surface area contributed by atoms with Crippen molar-refractivity contribution in [3.8, 4) is 16.9 Å². The van der Waals surface area contributed by atoms with Gasteiger partial charge in [-0.1, -0.05) is 24.8 Å². The molecule has 2 aromatic rings. The summed E-state index contributed by atoms with van der Waals surface area (Å²) in [5.41, 5.74) is 7.27.